The van der Waals surface area contributed by atoms with Gasteiger partial charge < -0.3 is 15.1 Å². The average molecular weight is 537 g/mol. The standard InChI is InChI=1S/C23H26Cl2N6O3S/c24-15-4-5-17-16(11-15)23(14-31(17)22(34)28-20-27-12-18(25)35-20)6-10-30(13-23)21(33)26-7-1-3-19(32)29-8-2-9-29/h4-5,11-12H,1-3,6-10,13-14H2,(H,26,33)(H,27,28,34). The Balaban J connectivity index is 1.22. The van der Waals surface area contributed by atoms with E-state index in [4.69, 9.17) is 23.2 Å². The van der Waals surface area contributed by atoms with Crippen LogP contribution in [0.3, 0.4) is 0 Å². The average Bonchev–Trinajstić information content (AvgIpc) is 3.48. The first-order valence-corrected chi connectivity index (χ1v) is 13.2. The molecule has 1 aromatic heterocycles. The first-order chi connectivity index (χ1) is 16.8. The van der Waals surface area contributed by atoms with Crippen LogP contribution >= 0.6 is 34.5 Å². The number of hydrogen-bond donors (Lipinski definition) is 2. The van der Waals surface area contributed by atoms with Crippen LogP contribution < -0.4 is 15.5 Å². The highest BCUT2D eigenvalue weighted by Crippen LogP contribution is 2.47. The van der Waals surface area contributed by atoms with Crippen molar-refractivity contribution in [3.63, 3.8) is 0 Å². The van der Waals surface area contributed by atoms with Crippen LogP contribution in [0.4, 0.5) is 20.4 Å². The number of hydrogen-bond acceptors (Lipinski definition) is 5. The predicted molar refractivity (Wildman–Crippen MR) is 137 cm³/mol. The lowest BCUT2D eigenvalue weighted by molar-refractivity contribution is -0.134. The van der Waals surface area contributed by atoms with Crippen molar-refractivity contribution < 1.29 is 14.4 Å². The lowest BCUT2D eigenvalue weighted by Gasteiger charge is -2.31. The molecule has 186 valence electrons. The molecule has 12 heteroatoms. The monoisotopic (exact) mass is 536 g/mol. The molecule has 1 atom stereocenters. The van der Waals surface area contributed by atoms with Gasteiger partial charge in [0, 0.05) is 61.8 Å². The van der Waals surface area contributed by atoms with Crippen LogP contribution in [-0.2, 0) is 10.2 Å². The Bertz CT molecular complexity index is 1160. The maximum Gasteiger partial charge on any atom is 0.328 e. The molecule has 0 saturated carbocycles. The summed E-state index contributed by atoms with van der Waals surface area (Å²) in [7, 11) is 0. The summed E-state index contributed by atoms with van der Waals surface area (Å²) in [6.45, 7) is 3.63. The number of rotatable bonds is 5. The van der Waals surface area contributed by atoms with Crippen LogP contribution in [-0.4, -0.2) is 72.0 Å². The van der Waals surface area contributed by atoms with E-state index in [1.54, 1.807) is 15.9 Å². The Morgan fingerprint density at radius 1 is 1.09 bits per heavy atom. The highest BCUT2D eigenvalue weighted by molar-refractivity contribution is 7.19. The summed E-state index contributed by atoms with van der Waals surface area (Å²) >= 11 is 13.5. The third-order valence-electron chi connectivity index (χ3n) is 6.91. The van der Waals surface area contributed by atoms with E-state index in [-0.39, 0.29) is 18.0 Å². The van der Waals surface area contributed by atoms with Gasteiger partial charge in [0.05, 0.1) is 6.20 Å². The molecular weight excluding hydrogens is 511 g/mol. The first-order valence-electron chi connectivity index (χ1n) is 11.7. The van der Waals surface area contributed by atoms with Crippen LogP contribution in [0.25, 0.3) is 0 Å². The summed E-state index contributed by atoms with van der Waals surface area (Å²) in [6, 6.07) is 5.06. The van der Waals surface area contributed by atoms with Crippen molar-refractivity contribution in [1.29, 1.82) is 0 Å². The maximum absolute atomic E-state index is 13.1. The van der Waals surface area contributed by atoms with Crippen molar-refractivity contribution in [2.24, 2.45) is 0 Å². The van der Waals surface area contributed by atoms with Crippen molar-refractivity contribution in [2.45, 2.75) is 31.1 Å². The molecule has 5 rings (SSSR count). The van der Waals surface area contributed by atoms with E-state index in [0.717, 1.165) is 30.8 Å². The van der Waals surface area contributed by atoms with Crippen molar-refractivity contribution in [2.75, 3.05) is 49.5 Å². The van der Waals surface area contributed by atoms with Crippen LogP contribution in [0.1, 0.15) is 31.2 Å². The lowest BCUT2D eigenvalue weighted by atomic mass is 9.81. The molecule has 0 radical (unpaired) electrons. The van der Waals surface area contributed by atoms with Crippen LogP contribution in [0, 0.1) is 0 Å². The van der Waals surface area contributed by atoms with Crippen LogP contribution in [0.2, 0.25) is 9.36 Å². The van der Waals surface area contributed by atoms with Gasteiger partial charge in [0.2, 0.25) is 5.91 Å². The number of thiazole rings is 1. The Labute approximate surface area is 217 Å². The minimum atomic E-state index is -0.400. The van der Waals surface area contributed by atoms with Gasteiger partial charge in [-0.25, -0.2) is 14.6 Å². The molecule has 35 heavy (non-hydrogen) atoms. The number of carbonyl (C=O) groups is 3. The minimum Gasteiger partial charge on any atom is -0.343 e. The smallest absolute Gasteiger partial charge is 0.328 e. The molecule has 2 fully saturated rings. The second kappa shape index (κ2) is 9.83. The largest absolute Gasteiger partial charge is 0.343 e. The van der Waals surface area contributed by atoms with E-state index < -0.39 is 5.41 Å². The number of likely N-dealkylation sites (tertiary alicyclic amines) is 2. The molecule has 2 aromatic rings. The molecule has 1 aromatic carbocycles. The van der Waals surface area contributed by atoms with Crippen LogP contribution in [0.5, 0.6) is 0 Å². The molecule has 4 heterocycles. The summed E-state index contributed by atoms with van der Waals surface area (Å²) in [5.41, 5.74) is 1.34. The van der Waals surface area contributed by atoms with Gasteiger partial charge >= 0.3 is 12.1 Å². The fraction of sp³-hybridized carbons (Fsp3) is 0.478. The normalized spacial score (nSPS) is 20.7. The Hall–Kier alpha value is -2.56. The number of benzene rings is 1. The van der Waals surface area contributed by atoms with Gasteiger partial charge in [-0.2, -0.15) is 0 Å². The molecule has 0 aliphatic carbocycles. The van der Waals surface area contributed by atoms with E-state index in [9.17, 15) is 14.4 Å². The number of carbonyl (C=O) groups excluding carboxylic acids is 3. The van der Waals surface area contributed by atoms with Gasteiger partial charge in [-0.15, -0.1) is 0 Å². The summed E-state index contributed by atoms with van der Waals surface area (Å²) < 4.78 is 0.493. The van der Waals surface area contributed by atoms with E-state index >= 15 is 0 Å². The number of urea groups is 2. The summed E-state index contributed by atoms with van der Waals surface area (Å²) in [5, 5.41) is 6.77. The van der Waals surface area contributed by atoms with Gasteiger partial charge in [0.25, 0.3) is 0 Å². The molecule has 2 saturated heterocycles. The SMILES string of the molecule is O=C(CCCNC(=O)N1CCC2(C1)CN(C(=O)Nc1ncc(Cl)s1)c1ccc(Cl)cc12)N1CCC1. The zero-order valence-electron chi connectivity index (χ0n) is 19.1. The molecular formula is C23H26Cl2N6O3S. The quantitative estimate of drug-likeness (QED) is 0.560. The second-order valence-electron chi connectivity index (χ2n) is 9.17. The number of halogens is 2. The fourth-order valence-corrected chi connectivity index (χ4v) is 5.93. The van der Waals surface area contributed by atoms with Crippen LogP contribution in [0.15, 0.2) is 24.4 Å². The molecule has 9 nitrogen and oxygen atoms in total. The number of anilines is 2. The van der Waals surface area contributed by atoms with Gasteiger partial charge in [0.1, 0.15) is 4.34 Å². The third kappa shape index (κ3) is 4.92. The number of fused-ring (bicyclic) bond motifs is 2. The molecule has 3 aliphatic rings. The highest BCUT2D eigenvalue weighted by Gasteiger charge is 2.50. The highest BCUT2D eigenvalue weighted by atomic mass is 35.5. The van der Waals surface area contributed by atoms with E-state index in [1.165, 1.54) is 17.5 Å². The third-order valence-corrected chi connectivity index (χ3v) is 8.18. The number of nitrogens with one attached hydrogen (secondary N) is 2. The Morgan fingerprint density at radius 2 is 1.91 bits per heavy atom. The summed E-state index contributed by atoms with van der Waals surface area (Å²) in [6.07, 6.45) is 4.35. The van der Waals surface area contributed by atoms with Gasteiger partial charge in [0.15, 0.2) is 5.13 Å². The first kappa shape index (κ1) is 24.1. The van der Waals surface area contributed by atoms with E-state index in [1.807, 2.05) is 17.0 Å². The van der Waals surface area contributed by atoms with Gasteiger partial charge in [-0.05, 0) is 43.0 Å². The zero-order valence-corrected chi connectivity index (χ0v) is 21.4. The molecule has 2 N–H and O–H groups in total. The molecule has 1 spiro atoms. The number of amides is 5. The van der Waals surface area contributed by atoms with Crippen molar-refractivity contribution >= 4 is 63.3 Å². The number of aromatic nitrogens is 1. The second-order valence-corrected chi connectivity index (χ2v) is 11.3. The minimum absolute atomic E-state index is 0.151. The molecule has 3 aliphatic heterocycles. The lowest BCUT2D eigenvalue weighted by Crippen LogP contribution is -2.44. The molecule has 5 amide bonds. The van der Waals surface area contributed by atoms with Gasteiger partial charge in [-0.3, -0.25) is 15.0 Å². The molecule has 0 bridgehead atoms. The van der Waals surface area contributed by atoms with Crippen molar-refractivity contribution in [3.05, 3.63) is 39.3 Å². The topological polar surface area (TPSA) is 97.9 Å². The Kier molecular flexibility index (Phi) is 6.78. The molecule has 1 unspecified atom stereocenters. The van der Waals surface area contributed by atoms with E-state index in [0.29, 0.717) is 59.9 Å². The number of nitrogens with zero attached hydrogens (tertiary/aromatic N) is 4. The van der Waals surface area contributed by atoms with E-state index in [2.05, 4.69) is 15.6 Å². The van der Waals surface area contributed by atoms with Crippen molar-refractivity contribution in [3.8, 4) is 0 Å². The fourth-order valence-electron chi connectivity index (χ4n) is 4.96. The summed E-state index contributed by atoms with van der Waals surface area (Å²) in [5.74, 6) is 0.156. The maximum atomic E-state index is 13.1. The zero-order chi connectivity index (χ0) is 24.6. The summed E-state index contributed by atoms with van der Waals surface area (Å²) in [4.78, 5) is 47.4. The Morgan fingerprint density at radius 3 is 2.63 bits per heavy atom. The van der Waals surface area contributed by atoms with Crippen molar-refractivity contribution in [1.82, 2.24) is 20.1 Å². The van der Waals surface area contributed by atoms with Gasteiger partial charge in [-0.1, -0.05) is 34.5 Å². The predicted octanol–water partition coefficient (Wildman–Crippen LogP) is 4.17.